The minimum atomic E-state index is 0.144. The van der Waals surface area contributed by atoms with Gasteiger partial charge in [0.25, 0.3) is 0 Å². The Bertz CT molecular complexity index is 420. The maximum Gasteiger partial charge on any atom is 0.106 e. The van der Waals surface area contributed by atoms with Crippen LogP contribution in [0.3, 0.4) is 0 Å². The number of rotatable bonds is 2. The summed E-state index contributed by atoms with van der Waals surface area (Å²) >= 11 is 0. The number of fused-ring (bicyclic) bond motifs is 1. The molecule has 0 spiro atoms. The molecule has 0 bridgehead atoms. The van der Waals surface area contributed by atoms with E-state index >= 15 is 0 Å². The summed E-state index contributed by atoms with van der Waals surface area (Å²) in [7, 11) is 0. The van der Waals surface area contributed by atoms with Gasteiger partial charge in [0, 0.05) is 6.54 Å². The fraction of sp³-hybridized carbons (Fsp3) is 0.300. The summed E-state index contributed by atoms with van der Waals surface area (Å²) in [4.78, 5) is 4.35. The molecule has 0 aliphatic carbocycles. The minimum absolute atomic E-state index is 0.144. The molecule has 0 unspecified atom stereocenters. The van der Waals surface area contributed by atoms with E-state index in [2.05, 4.69) is 11.1 Å². The zero-order valence-corrected chi connectivity index (χ0v) is 7.49. The molecule has 1 aromatic heterocycles. The number of nitrogens with zero attached hydrogens (tertiary/aromatic N) is 2. The van der Waals surface area contributed by atoms with Gasteiger partial charge in [0.2, 0.25) is 0 Å². The predicted octanol–water partition coefficient (Wildman–Crippen LogP) is 1.14. The van der Waals surface area contributed by atoms with E-state index in [1.165, 1.54) is 0 Å². The van der Waals surface area contributed by atoms with Crippen LogP contribution in [0.5, 0.6) is 0 Å². The molecule has 67 valence electrons. The van der Waals surface area contributed by atoms with E-state index in [-0.39, 0.29) is 6.61 Å². The van der Waals surface area contributed by atoms with E-state index in [9.17, 15) is 0 Å². The molecule has 1 aromatic carbocycles. The van der Waals surface area contributed by atoms with Crippen molar-refractivity contribution in [1.29, 1.82) is 0 Å². The van der Waals surface area contributed by atoms with E-state index in [1.54, 1.807) is 0 Å². The fourth-order valence-corrected chi connectivity index (χ4v) is 1.52. The zero-order chi connectivity index (χ0) is 9.26. The first-order valence-electron chi connectivity index (χ1n) is 4.26. The Morgan fingerprint density at radius 1 is 1.62 bits per heavy atom. The highest BCUT2D eigenvalue weighted by Crippen LogP contribution is 2.14. The van der Waals surface area contributed by atoms with Gasteiger partial charge < -0.3 is 9.67 Å². The van der Waals surface area contributed by atoms with Crippen molar-refractivity contribution in [3.8, 4) is 0 Å². The molecule has 0 atom stereocenters. The van der Waals surface area contributed by atoms with Crippen LogP contribution in [0.15, 0.2) is 18.2 Å². The highest BCUT2D eigenvalue weighted by atomic mass is 16.3. The van der Waals surface area contributed by atoms with Crippen molar-refractivity contribution < 1.29 is 5.11 Å². The summed E-state index contributed by atoms with van der Waals surface area (Å²) in [5.74, 6) is 0.934. The van der Waals surface area contributed by atoms with Gasteiger partial charge in [0.05, 0.1) is 17.6 Å². The van der Waals surface area contributed by atoms with E-state index in [4.69, 9.17) is 5.11 Å². The third kappa shape index (κ3) is 1.31. The number of aliphatic hydroxyl groups excluding tert-OH is 1. The van der Waals surface area contributed by atoms with E-state index in [1.807, 2.05) is 29.7 Å². The van der Waals surface area contributed by atoms with Crippen molar-refractivity contribution in [2.45, 2.75) is 13.5 Å². The lowest BCUT2D eigenvalue weighted by Crippen LogP contribution is -2.03. The summed E-state index contributed by atoms with van der Waals surface area (Å²) in [6.45, 7) is 2.69. The van der Waals surface area contributed by atoms with Gasteiger partial charge in [-0.25, -0.2) is 4.98 Å². The van der Waals surface area contributed by atoms with Crippen molar-refractivity contribution in [2.24, 2.45) is 0 Å². The molecule has 3 heteroatoms. The molecule has 1 radical (unpaired) electrons. The lowest BCUT2D eigenvalue weighted by atomic mass is 10.3. The number of benzene rings is 1. The van der Waals surface area contributed by atoms with Crippen LogP contribution in [0.25, 0.3) is 11.0 Å². The minimum Gasteiger partial charge on any atom is -0.395 e. The van der Waals surface area contributed by atoms with Crippen LogP contribution >= 0.6 is 0 Å². The van der Waals surface area contributed by atoms with Crippen molar-refractivity contribution in [3.05, 3.63) is 30.1 Å². The second kappa shape index (κ2) is 3.18. The molecular formula is C10H11N2O. The van der Waals surface area contributed by atoms with Crippen LogP contribution in [0.2, 0.25) is 0 Å². The molecule has 2 aromatic rings. The topological polar surface area (TPSA) is 38.0 Å². The monoisotopic (exact) mass is 175 g/mol. The molecule has 0 fully saturated rings. The van der Waals surface area contributed by atoms with Gasteiger partial charge in [-0.05, 0) is 25.1 Å². The van der Waals surface area contributed by atoms with Crippen LogP contribution in [0, 0.1) is 13.0 Å². The average molecular weight is 175 g/mol. The lowest BCUT2D eigenvalue weighted by molar-refractivity contribution is 0.276. The van der Waals surface area contributed by atoms with Crippen molar-refractivity contribution >= 4 is 11.0 Å². The fourth-order valence-electron chi connectivity index (χ4n) is 1.52. The molecule has 0 amide bonds. The second-order valence-electron chi connectivity index (χ2n) is 2.95. The zero-order valence-electron chi connectivity index (χ0n) is 7.49. The summed E-state index contributed by atoms with van der Waals surface area (Å²) in [6.07, 6.45) is 0. The molecular weight excluding hydrogens is 164 g/mol. The Labute approximate surface area is 76.6 Å². The standard InChI is InChI=1S/C10H11N2O/c1-8-11-9-4-2-3-5-10(9)12(8)6-7-13/h3-5,13H,6-7H2,1H3. The SMILES string of the molecule is Cc1nc2c[c]ccc2n1CCO. The van der Waals surface area contributed by atoms with E-state index in [0.29, 0.717) is 6.54 Å². The number of aryl methyl sites for hydroxylation is 1. The van der Waals surface area contributed by atoms with Gasteiger partial charge in [-0.3, -0.25) is 0 Å². The molecule has 1 N–H and O–H groups in total. The lowest BCUT2D eigenvalue weighted by Gasteiger charge is -2.02. The maximum atomic E-state index is 8.87. The molecule has 2 rings (SSSR count). The van der Waals surface area contributed by atoms with Crippen molar-refractivity contribution in [1.82, 2.24) is 9.55 Å². The number of hydrogen-bond acceptors (Lipinski definition) is 2. The Hall–Kier alpha value is -1.35. The van der Waals surface area contributed by atoms with Gasteiger partial charge in [-0.1, -0.05) is 6.07 Å². The predicted molar refractivity (Wildman–Crippen MR) is 50.4 cm³/mol. The molecule has 3 nitrogen and oxygen atoms in total. The largest absolute Gasteiger partial charge is 0.395 e. The smallest absolute Gasteiger partial charge is 0.106 e. The van der Waals surface area contributed by atoms with Gasteiger partial charge in [-0.15, -0.1) is 0 Å². The average Bonchev–Trinajstić information content (AvgIpc) is 2.44. The Kier molecular flexibility index (Phi) is 2.02. The Balaban J connectivity index is 2.64. The molecule has 1 heterocycles. The van der Waals surface area contributed by atoms with E-state index in [0.717, 1.165) is 16.9 Å². The Morgan fingerprint density at radius 3 is 3.23 bits per heavy atom. The second-order valence-corrected chi connectivity index (χ2v) is 2.95. The third-order valence-electron chi connectivity index (χ3n) is 2.11. The summed E-state index contributed by atoms with van der Waals surface area (Å²) < 4.78 is 2.00. The van der Waals surface area contributed by atoms with Crippen molar-refractivity contribution in [3.63, 3.8) is 0 Å². The van der Waals surface area contributed by atoms with Crippen LogP contribution in [0.1, 0.15) is 5.82 Å². The maximum absolute atomic E-state index is 8.87. The number of aromatic nitrogens is 2. The number of hydrogen-bond donors (Lipinski definition) is 1. The molecule has 0 aliphatic rings. The van der Waals surface area contributed by atoms with Gasteiger partial charge in [0.15, 0.2) is 0 Å². The molecule has 13 heavy (non-hydrogen) atoms. The first-order valence-corrected chi connectivity index (χ1v) is 4.26. The number of aliphatic hydroxyl groups is 1. The van der Waals surface area contributed by atoms with Crippen LogP contribution in [0.4, 0.5) is 0 Å². The molecule has 0 saturated heterocycles. The van der Waals surface area contributed by atoms with Crippen LogP contribution < -0.4 is 0 Å². The highest BCUT2D eigenvalue weighted by molar-refractivity contribution is 5.75. The molecule has 0 saturated carbocycles. The Morgan fingerprint density at radius 2 is 2.46 bits per heavy atom. The van der Waals surface area contributed by atoms with Crippen LogP contribution in [-0.4, -0.2) is 21.3 Å². The number of imidazole rings is 1. The normalized spacial score (nSPS) is 10.9. The molecule has 0 aliphatic heterocycles. The first kappa shape index (κ1) is 8.26. The van der Waals surface area contributed by atoms with E-state index < -0.39 is 0 Å². The van der Waals surface area contributed by atoms with Crippen molar-refractivity contribution in [2.75, 3.05) is 6.61 Å². The third-order valence-corrected chi connectivity index (χ3v) is 2.11. The summed E-state index contributed by atoms with van der Waals surface area (Å²) in [6, 6.07) is 8.66. The summed E-state index contributed by atoms with van der Waals surface area (Å²) in [5.41, 5.74) is 2.00. The summed E-state index contributed by atoms with van der Waals surface area (Å²) in [5, 5.41) is 8.87. The van der Waals surface area contributed by atoms with Gasteiger partial charge >= 0.3 is 0 Å². The first-order chi connectivity index (χ1) is 6.33. The highest BCUT2D eigenvalue weighted by Gasteiger charge is 2.04. The van der Waals surface area contributed by atoms with Gasteiger partial charge in [-0.2, -0.15) is 0 Å². The quantitative estimate of drug-likeness (QED) is 0.743. The van der Waals surface area contributed by atoms with Gasteiger partial charge in [0.1, 0.15) is 5.82 Å². The van der Waals surface area contributed by atoms with Crippen LogP contribution in [-0.2, 0) is 6.54 Å².